The molecule has 0 unspecified atom stereocenters. The highest BCUT2D eigenvalue weighted by Crippen LogP contribution is 2.33. The van der Waals surface area contributed by atoms with E-state index >= 15 is 0 Å². The second-order valence-corrected chi connectivity index (χ2v) is 7.93. The maximum Gasteiger partial charge on any atom is 0.328 e. The van der Waals surface area contributed by atoms with Gasteiger partial charge in [0.1, 0.15) is 18.1 Å². The van der Waals surface area contributed by atoms with Gasteiger partial charge < -0.3 is 14.4 Å². The quantitative estimate of drug-likeness (QED) is 0.330. The standard InChI is InChI=1S/C28H30N2O3/c1-4-29(5-2)28(31)30-19-23(18-21-14-16-24(32-3)17-15-21)27-25(30)12-9-13-26(27)33-20-22-10-7-6-8-11-22/h6-17,19H,4-5,18,20H2,1-3H3. The zero-order chi connectivity index (χ0) is 23.2. The van der Waals surface area contributed by atoms with Crippen LogP contribution in [-0.2, 0) is 13.0 Å². The lowest BCUT2D eigenvalue weighted by Crippen LogP contribution is -2.33. The minimum Gasteiger partial charge on any atom is -0.497 e. The lowest BCUT2D eigenvalue weighted by Gasteiger charge is -2.19. The molecule has 4 aromatic rings. The van der Waals surface area contributed by atoms with Crippen molar-refractivity contribution in [2.75, 3.05) is 20.2 Å². The van der Waals surface area contributed by atoms with Gasteiger partial charge >= 0.3 is 6.03 Å². The Kier molecular flexibility index (Phi) is 6.98. The number of aromatic nitrogens is 1. The Morgan fingerprint density at radius 1 is 0.879 bits per heavy atom. The largest absolute Gasteiger partial charge is 0.497 e. The first-order chi connectivity index (χ1) is 16.1. The number of fused-ring (bicyclic) bond motifs is 1. The van der Waals surface area contributed by atoms with E-state index in [0.717, 1.165) is 39.1 Å². The van der Waals surface area contributed by atoms with Crippen LogP contribution in [0.5, 0.6) is 11.5 Å². The number of hydrogen-bond acceptors (Lipinski definition) is 3. The fourth-order valence-electron chi connectivity index (χ4n) is 4.09. The van der Waals surface area contributed by atoms with Crippen molar-refractivity contribution in [3.63, 3.8) is 0 Å². The molecular formula is C28H30N2O3. The van der Waals surface area contributed by atoms with Crippen LogP contribution in [0.15, 0.2) is 79.0 Å². The van der Waals surface area contributed by atoms with E-state index in [0.29, 0.717) is 26.1 Å². The second kappa shape index (κ2) is 10.3. The molecule has 0 aliphatic rings. The summed E-state index contributed by atoms with van der Waals surface area (Å²) in [5, 5.41) is 0.977. The molecule has 5 heteroatoms. The number of rotatable bonds is 8. The van der Waals surface area contributed by atoms with Gasteiger partial charge in [0.25, 0.3) is 0 Å². The molecule has 170 valence electrons. The number of carbonyl (C=O) groups is 1. The third kappa shape index (κ3) is 4.87. The predicted octanol–water partition coefficient (Wildman–Crippen LogP) is 6.13. The molecule has 3 aromatic carbocycles. The third-order valence-corrected chi connectivity index (χ3v) is 5.90. The van der Waals surface area contributed by atoms with Crippen LogP contribution < -0.4 is 9.47 Å². The smallest absolute Gasteiger partial charge is 0.328 e. The van der Waals surface area contributed by atoms with Crippen LogP contribution in [0.2, 0.25) is 0 Å². The van der Waals surface area contributed by atoms with Crippen molar-refractivity contribution in [3.05, 3.63) is 95.7 Å². The summed E-state index contributed by atoms with van der Waals surface area (Å²) < 4.78 is 13.3. The molecule has 1 aromatic heterocycles. The van der Waals surface area contributed by atoms with Crippen molar-refractivity contribution in [2.45, 2.75) is 26.9 Å². The molecular weight excluding hydrogens is 412 g/mol. The number of nitrogens with zero attached hydrogens (tertiary/aromatic N) is 2. The van der Waals surface area contributed by atoms with E-state index in [1.54, 1.807) is 11.7 Å². The molecule has 4 rings (SSSR count). The zero-order valence-corrected chi connectivity index (χ0v) is 19.5. The maximum atomic E-state index is 13.3. The van der Waals surface area contributed by atoms with Crippen LogP contribution in [0.3, 0.4) is 0 Å². The van der Waals surface area contributed by atoms with Crippen LogP contribution in [0.25, 0.3) is 10.9 Å². The Morgan fingerprint density at radius 2 is 1.61 bits per heavy atom. The Hall–Kier alpha value is -3.73. The highest BCUT2D eigenvalue weighted by molar-refractivity contribution is 5.97. The van der Waals surface area contributed by atoms with Gasteiger partial charge in [0, 0.05) is 24.7 Å². The SMILES string of the molecule is CCN(CC)C(=O)n1cc(Cc2ccc(OC)cc2)c2c(OCc3ccccc3)cccc21. The van der Waals surface area contributed by atoms with E-state index in [1.807, 2.05) is 85.6 Å². The molecule has 0 aliphatic heterocycles. The molecule has 0 fully saturated rings. The maximum absolute atomic E-state index is 13.3. The molecule has 0 bridgehead atoms. The zero-order valence-electron chi connectivity index (χ0n) is 19.5. The minimum absolute atomic E-state index is 0.0220. The molecule has 33 heavy (non-hydrogen) atoms. The molecule has 0 N–H and O–H groups in total. The molecule has 0 saturated carbocycles. The van der Waals surface area contributed by atoms with Crippen LogP contribution in [-0.4, -0.2) is 35.7 Å². The van der Waals surface area contributed by atoms with E-state index in [1.165, 1.54) is 0 Å². The second-order valence-electron chi connectivity index (χ2n) is 7.93. The van der Waals surface area contributed by atoms with Crippen molar-refractivity contribution >= 4 is 16.9 Å². The third-order valence-electron chi connectivity index (χ3n) is 5.90. The summed E-state index contributed by atoms with van der Waals surface area (Å²) in [5.74, 6) is 1.61. The number of carbonyl (C=O) groups excluding carboxylic acids is 1. The van der Waals surface area contributed by atoms with Crippen LogP contribution in [0.4, 0.5) is 4.79 Å². The number of ether oxygens (including phenoxy) is 2. The summed E-state index contributed by atoms with van der Waals surface area (Å²) >= 11 is 0. The first-order valence-corrected chi connectivity index (χ1v) is 11.4. The lowest BCUT2D eigenvalue weighted by atomic mass is 10.0. The highest BCUT2D eigenvalue weighted by Gasteiger charge is 2.20. The Labute approximate surface area is 195 Å². The van der Waals surface area contributed by atoms with E-state index in [-0.39, 0.29) is 6.03 Å². The van der Waals surface area contributed by atoms with Crippen molar-refractivity contribution in [3.8, 4) is 11.5 Å². The number of hydrogen-bond donors (Lipinski definition) is 0. The first kappa shape index (κ1) is 22.5. The molecule has 0 aliphatic carbocycles. The van der Waals surface area contributed by atoms with Gasteiger partial charge in [-0.1, -0.05) is 48.5 Å². The normalized spacial score (nSPS) is 10.9. The van der Waals surface area contributed by atoms with E-state index in [4.69, 9.17) is 9.47 Å². The number of amides is 1. The monoisotopic (exact) mass is 442 g/mol. The summed E-state index contributed by atoms with van der Waals surface area (Å²) in [6.45, 7) is 5.79. The van der Waals surface area contributed by atoms with Crippen molar-refractivity contribution in [1.82, 2.24) is 9.47 Å². The number of benzene rings is 3. The van der Waals surface area contributed by atoms with Crippen molar-refractivity contribution in [1.29, 1.82) is 0 Å². The summed E-state index contributed by atoms with van der Waals surface area (Å²) in [4.78, 5) is 15.1. The molecule has 0 saturated heterocycles. The van der Waals surface area contributed by atoms with E-state index in [2.05, 4.69) is 12.1 Å². The number of methoxy groups -OCH3 is 1. The van der Waals surface area contributed by atoms with E-state index in [9.17, 15) is 4.79 Å². The molecule has 0 spiro atoms. The van der Waals surface area contributed by atoms with Gasteiger partial charge in [-0.15, -0.1) is 0 Å². The van der Waals surface area contributed by atoms with Crippen LogP contribution in [0, 0.1) is 0 Å². The van der Waals surface area contributed by atoms with Gasteiger partial charge in [-0.05, 0) is 61.2 Å². The summed E-state index contributed by atoms with van der Waals surface area (Å²) in [6, 6.07) is 24.0. The van der Waals surface area contributed by atoms with E-state index < -0.39 is 0 Å². The van der Waals surface area contributed by atoms with Gasteiger partial charge in [0.05, 0.1) is 12.6 Å². The molecule has 0 radical (unpaired) electrons. The van der Waals surface area contributed by atoms with Gasteiger partial charge in [-0.3, -0.25) is 4.57 Å². The van der Waals surface area contributed by atoms with Gasteiger partial charge in [0.15, 0.2) is 0 Å². The average molecular weight is 443 g/mol. The van der Waals surface area contributed by atoms with Crippen molar-refractivity contribution in [2.24, 2.45) is 0 Å². The fraction of sp³-hybridized carbons (Fsp3) is 0.250. The fourth-order valence-corrected chi connectivity index (χ4v) is 4.09. The van der Waals surface area contributed by atoms with Crippen LogP contribution >= 0.6 is 0 Å². The average Bonchev–Trinajstić information content (AvgIpc) is 3.23. The predicted molar refractivity (Wildman–Crippen MR) is 132 cm³/mol. The first-order valence-electron chi connectivity index (χ1n) is 11.4. The summed E-state index contributed by atoms with van der Waals surface area (Å²) in [5.41, 5.74) is 4.16. The Balaban J connectivity index is 1.76. The minimum atomic E-state index is -0.0220. The van der Waals surface area contributed by atoms with Crippen molar-refractivity contribution < 1.29 is 14.3 Å². The summed E-state index contributed by atoms with van der Waals surface area (Å²) in [6.07, 6.45) is 2.65. The van der Waals surface area contributed by atoms with Gasteiger partial charge in [-0.2, -0.15) is 0 Å². The molecule has 1 amide bonds. The molecule has 1 heterocycles. The summed E-state index contributed by atoms with van der Waals surface area (Å²) in [7, 11) is 1.66. The van der Waals surface area contributed by atoms with Gasteiger partial charge in [0.2, 0.25) is 0 Å². The van der Waals surface area contributed by atoms with Gasteiger partial charge in [-0.25, -0.2) is 4.79 Å². The van der Waals surface area contributed by atoms with Crippen LogP contribution in [0.1, 0.15) is 30.5 Å². The highest BCUT2D eigenvalue weighted by atomic mass is 16.5. The molecule has 5 nitrogen and oxygen atoms in total. The topological polar surface area (TPSA) is 43.7 Å². The lowest BCUT2D eigenvalue weighted by molar-refractivity contribution is 0.206. The molecule has 0 atom stereocenters. The Morgan fingerprint density at radius 3 is 2.27 bits per heavy atom. The Bertz CT molecular complexity index is 1210.